The molecule has 0 saturated carbocycles. The predicted molar refractivity (Wildman–Crippen MR) is 143 cm³/mol. The van der Waals surface area contributed by atoms with Crippen molar-refractivity contribution in [3.8, 4) is 34.0 Å². The van der Waals surface area contributed by atoms with Gasteiger partial charge in [-0.05, 0) is 57.4 Å². The highest BCUT2D eigenvalue weighted by Gasteiger charge is 2.16. The molecule has 0 spiro atoms. The smallest absolute Gasteiger partial charge is 0.269 e. The normalized spacial score (nSPS) is 10.9. The Morgan fingerprint density at radius 2 is 1.55 bits per heavy atom. The zero-order valence-corrected chi connectivity index (χ0v) is 20.0. The summed E-state index contributed by atoms with van der Waals surface area (Å²) in [5.41, 5.74) is 5.35. The third kappa shape index (κ3) is 4.44. The number of para-hydroxylation sites is 1. The number of nitrogens with zero attached hydrogens (tertiary/aromatic N) is 6. The van der Waals surface area contributed by atoms with E-state index in [0.717, 1.165) is 38.9 Å². The Hall–Kier alpha value is -5.44. The second-order valence-corrected chi connectivity index (χ2v) is 8.55. The summed E-state index contributed by atoms with van der Waals surface area (Å²) in [5.74, 6) is 1.33. The average Bonchev–Trinajstić information content (AvgIpc) is 3.46. The minimum atomic E-state index is -0.437. The van der Waals surface area contributed by atoms with Crippen molar-refractivity contribution in [2.75, 3.05) is 0 Å². The van der Waals surface area contributed by atoms with Gasteiger partial charge in [0.15, 0.2) is 5.82 Å². The summed E-state index contributed by atoms with van der Waals surface area (Å²) in [6, 6.07) is 31.9. The molecule has 0 atom stereocenters. The van der Waals surface area contributed by atoms with Crippen molar-refractivity contribution < 1.29 is 9.66 Å². The van der Waals surface area contributed by atoms with Gasteiger partial charge in [-0.1, -0.05) is 60.7 Å². The predicted octanol–water partition coefficient (Wildman–Crippen LogP) is 6.03. The molecule has 184 valence electrons. The molecule has 6 rings (SSSR count). The molecule has 9 nitrogen and oxygen atoms in total. The van der Waals surface area contributed by atoms with E-state index in [-0.39, 0.29) is 5.69 Å². The van der Waals surface area contributed by atoms with Crippen LogP contribution in [-0.4, -0.2) is 30.1 Å². The Balaban J connectivity index is 1.26. The molecule has 0 amide bonds. The number of non-ortho nitro benzene ring substituents is 1. The number of nitro groups is 1. The highest BCUT2D eigenvalue weighted by atomic mass is 16.6. The lowest BCUT2D eigenvalue weighted by Gasteiger charge is -2.12. The molecule has 4 aromatic carbocycles. The Kier molecular flexibility index (Phi) is 5.99. The van der Waals surface area contributed by atoms with Gasteiger partial charge in [0.2, 0.25) is 0 Å². The quantitative estimate of drug-likeness (QED) is 0.194. The van der Waals surface area contributed by atoms with Crippen LogP contribution in [0.25, 0.3) is 39.1 Å². The third-order valence-electron chi connectivity index (χ3n) is 6.21. The zero-order chi connectivity index (χ0) is 25.9. The molecule has 9 heteroatoms. The van der Waals surface area contributed by atoms with Crippen LogP contribution in [0.5, 0.6) is 5.75 Å². The number of ether oxygens (including phenoxy) is 1. The molecule has 0 aliphatic heterocycles. The van der Waals surface area contributed by atoms with Gasteiger partial charge < -0.3 is 4.74 Å². The van der Waals surface area contributed by atoms with E-state index in [0.29, 0.717) is 18.1 Å². The van der Waals surface area contributed by atoms with Gasteiger partial charge in [-0.15, -0.1) is 5.10 Å². The Labute approximate surface area is 217 Å². The fourth-order valence-corrected chi connectivity index (χ4v) is 4.31. The molecule has 2 aromatic heterocycles. The van der Waals surface area contributed by atoms with Gasteiger partial charge in [0.05, 0.1) is 16.1 Å². The second kappa shape index (κ2) is 9.90. The average molecular weight is 501 g/mol. The molecule has 0 saturated heterocycles. The van der Waals surface area contributed by atoms with Crippen LogP contribution in [0.3, 0.4) is 0 Å². The molecule has 0 unspecified atom stereocenters. The number of hydrogen-bond acceptors (Lipinski definition) is 7. The van der Waals surface area contributed by atoms with Crippen molar-refractivity contribution in [3.63, 3.8) is 0 Å². The van der Waals surface area contributed by atoms with Gasteiger partial charge in [0.25, 0.3) is 5.69 Å². The minimum absolute atomic E-state index is 0.00459. The molecule has 0 radical (unpaired) electrons. The lowest BCUT2D eigenvalue weighted by molar-refractivity contribution is -0.384. The molecule has 0 aliphatic carbocycles. The number of tetrazole rings is 1. The summed E-state index contributed by atoms with van der Waals surface area (Å²) in [4.78, 5) is 15.0. The molecular weight excluding hydrogens is 480 g/mol. The molecule has 0 N–H and O–H groups in total. The van der Waals surface area contributed by atoms with E-state index in [1.54, 1.807) is 23.0 Å². The molecule has 0 fully saturated rings. The first kappa shape index (κ1) is 23.0. The van der Waals surface area contributed by atoms with Gasteiger partial charge in [-0.3, -0.25) is 15.1 Å². The molecule has 6 aromatic rings. The van der Waals surface area contributed by atoms with Crippen molar-refractivity contribution in [1.82, 2.24) is 25.2 Å². The maximum Gasteiger partial charge on any atom is 0.269 e. The van der Waals surface area contributed by atoms with Crippen LogP contribution in [0.4, 0.5) is 5.69 Å². The zero-order valence-electron chi connectivity index (χ0n) is 20.0. The fraction of sp³-hybridized carbons (Fsp3) is 0.0345. The third-order valence-corrected chi connectivity index (χ3v) is 6.21. The van der Waals surface area contributed by atoms with Gasteiger partial charge in [-0.25, -0.2) is 0 Å². The van der Waals surface area contributed by atoms with Gasteiger partial charge >= 0.3 is 0 Å². The number of rotatable bonds is 7. The summed E-state index contributed by atoms with van der Waals surface area (Å²) in [6.07, 6.45) is 1.75. The first-order valence-corrected chi connectivity index (χ1v) is 11.9. The summed E-state index contributed by atoms with van der Waals surface area (Å²) >= 11 is 0. The number of hydrogen-bond donors (Lipinski definition) is 0. The number of aromatic nitrogens is 5. The van der Waals surface area contributed by atoms with E-state index in [1.165, 1.54) is 12.1 Å². The maximum atomic E-state index is 11.0. The van der Waals surface area contributed by atoms with Gasteiger partial charge in [0.1, 0.15) is 12.4 Å². The Morgan fingerprint density at radius 3 is 2.34 bits per heavy atom. The number of pyridine rings is 1. The van der Waals surface area contributed by atoms with Crippen LogP contribution < -0.4 is 4.74 Å². The second-order valence-electron chi connectivity index (χ2n) is 8.55. The molecule has 2 heterocycles. The fourth-order valence-electron chi connectivity index (χ4n) is 4.31. The molecule has 38 heavy (non-hydrogen) atoms. The Morgan fingerprint density at radius 1 is 0.816 bits per heavy atom. The first-order chi connectivity index (χ1) is 18.7. The topological polar surface area (TPSA) is 109 Å². The van der Waals surface area contributed by atoms with Crippen molar-refractivity contribution in [1.29, 1.82) is 0 Å². The van der Waals surface area contributed by atoms with E-state index < -0.39 is 4.92 Å². The van der Waals surface area contributed by atoms with Crippen LogP contribution in [0.2, 0.25) is 0 Å². The van der Waals surface area contributed by atoms with E-state index in [9.17, 15) is 10.1 Å². The standard InChI is InChI=1S/C29H20N6O3/c36-35(37)23-15-13-22(14-16-23)34-29(31-32-33-34)25-6-2-1-5-24(25)21-11-9-20(10-12-21)19-38-28-17-18-30-27-8-4-3-7-26(27)28/h1-18H,19H2. The number of benzene rings is 4. The van der Waals surface area contributed by atoms with Crippen molar-refractivity contribution >= 4 is 16.6 Å². The van der Waals surface area contributed by atoms with Crippen LogP contribution >= 0.6 is 0 Å². The van der Waals surface area contributed by atoms with Crippen molar-refractivity contribution in [3.05, 3.63) is 125 Å². The highest BCUT2D eigenvalue weighted by molar-refractivity contribution is 5.84. The largest absolute Gasteiger partial charge is 0.488 e. The van der Waals surface area contributed by atoms with E-state index in [4.69, 9.17) is 4.74 Å². The lowest BCUT2D eigenvalue weighted by atomic mass is 9.98. The van der Waals surface area contributed by atoms with Crippen LogP contribution in [0.1, 0.15) is 5.56 Å². The maximum absolute atomic E-state index is 11.0. The van der Waals surface area contributed by atoms with Crippen LogP contribution in [0, 0.1) is 10.1 Å². The summed E-state index contributed by atoms with van der Waals surface area (Å²) < 4.78 is 7.68. The monoisotopic (exact) mass is 500 g/mol. The van der Waals surface area contributed by atoms with Gasteiger partial charge in [-0.2, -0.15) is 4.68 Å². The molecular formula is C29H20N6O3. The number of nitro benzene ring substituents is 1. The minimum Gasteiger partial charge on any atom is -0.488 e. The summed E-state index contributed by atoms with van der Waals surface area (Å²) in [7, 11) is 0. The highest BCUT2D eigenvalue weighted by Crippen LogP contribution is 2.32. The molecule has 0 aliphatic rings. The summed E-state index contributed by atoms with van der Waals surface area (Å²) in [6.45, 7) is 0.425. The van der Waals surface area contributed by atoms with E-state index >= 15 is 0 Å². The first-order valence-electron chi connectivity index (χ1n) is 11.9. The summed E-state index contributed by atoms with van der Waals surface area (Å²) in [5, 5.41) is 24.2. The van der Waals surface area contributed by atoms with E-state index in [1.807, 2.05) is 78.9 Å². The van der Waals surface area contributed by atoms with Gasteiger partial charge in [0, 0.05) is 29.3 Å². The van der Waals surface area contributed by atoms with Crippen molar-refractivity contribution in [2.45, 2.75) is 6.61 Å². The van der Waals surface area contributed by atoms with Crippen molar-refractivity contribution in [2.24, 2.45) is 0 Å². The molecule has 0 bridgehead atoms. The Bertz CT molecular complexity index is 1740. The number of fused-ring (bicyclic) bond motifs is 1. The lowest BCUT2D eigenvalue weighted by Crippen LogP contribution is -2.01. The van der Waals surface area contributed by atoms with E-state index in [2.05, 4.69) is 20.5 Å². The SMILES string of the molecule is O=[N+]([O-])c1ccc(-n2nnnc2-c2ccccc2-c2ccc(COc3ccnc4ccccc34)cc2)cc1. The van der Waals surface area contributed by atoms with Crippen LogP contribution in [-0.2, 0) is 6.61 Å². The van der Waals surface area contributed by atoms with Crippen LogP contribution in [0.15, 0.2) is 109 Å².